The average Bonchev–Trinajstić information content (AvgIpc) is 2.72. The minimum atomic E-state index is -4.42. The van der Waals surface area contributed by atoms with E-state index in [1.54, 1.807) is 20.8 Å². The molecule has 0 saturated carbocycles. The second kappa shape index (κ2) is 15.6. The number of hydrogen-bond donors (Lipinski definition) is 6. The first-order chi connectivity index (χ1) is 17.0. The summed E-state index contributed by atoms with van der Waals surface area (Å²) in [5.41, 5.74) is -0.688. The van der Waals surface area contributed by atoms with Gasteiger partial charge in [0.15, 0.2) is 0 Å². The molecule has 0 radical (unpaired) electrons. The van der Waals surface area contributed by atoms with Gasteiger partial charge in [0.05, 0.1) is 19.6 Å². The van der Waals surface area contributed by atoms with Crippen LogP contribution in [0.5, 0.6) is 0 Å². The van der Waals surface area contributed by atoms with Crippen molar-refractivity contribution in [3.63, 3.8) is 0 Å². The molecule has 2 rings (SSSR count). The molecule has 0 aliphatic rings. The zero-order chi connectivity index (χ0) is 30.6. The van der Waals surface area contributed by atoms with E-state index in [2.05, 4.69) is 15.4 Å². The summed E-state index contributed by atoms with van der Waals surface area (Å²) in [7, 11) is -9.11. The Balaban J connectivity index is 0. The molecule has 14 nitrogen and oxygen atoms in total. The highest BCUT2D eigenvalue weighted by molar-refractivity contribution is 7.90. The predicted molar refractivity (Wildman–Crippen MR) is 144 cm³/mol. The summed E-state index contributed by atoms with van der Waals surface area (Å²) in [5.74, 6) is 0. The minimum Gasteiger partial charge on any atom is -0.323 e. The van der Waals surface area contributed by atoms with Crippen LogP contribution in [0.25, 0.3) is 0 Å². The van der Waals surface area contributed by atoms with Crippen molar-refractivity contribution in [3.8, 4) is 0 Å². The van der Waals surface area contributed by atoms with Crippen LogP contribution in [0, 0.1) is 0 Å². The van der Waals surface area contributed by atoms with Gasteiger partial charge < -0.3 is 10.6 Å². The second-order valence-corrected chi connectivity index (χ2v) is 14.4. The first-order valence-corrected chi connectivity index (χ1v) is 16.3. The third kappa shape index (κ3) is 16.1. The van der Waals surface area contributed by atoms with Gasteiger partial charge in [0.2, 0.25) is 20.0 Å². The van der Waals surface area contributed by atoms with Gasteiger partial charge in [-0.2, -0.15) is 16.8 Å². The summed E-state index contributed by atoms with van der Waals surface area (Å²) < 4.78 is 109. The summed E-state index contributed by atoms with van der Waals surface area (Å²) in [6, 6.07) is 8.67. The second-order valence-electron chi connectivity index (χ2n) is 8.30. The monoisotopic (exact) mass is 620 g/mol. The van der Waals surface area contributed by atoms with Crippen LogP contribution in [-0.2, 0) is 40.3 Å². The fraction of sp³-hybridized carbons (Fsp3) is 0.400. The fourth-order valence-corrected chi connectivity index (χ4v) is 5.30. The van der Waals surface area contributed by atoms with E-state index in [1.807, 2.05) is 28.2 Å². The zero-order valence-corrected chi connectivity index (χ0v) is 25.3. The van der Waals surface area contributed by atoms with E-state index in [0.29, 0.717) is 0 Å². The Morgan fingerprint density at radius 3 is 1.21 bits per heavy atom. The maximum absolute atomic E-state index is 11.9. The average molecular weight is 621 g/mol. The van der Waals surface area contributed by atoms with Crippen molar-refractivity contribution in [3.05, 3.63) is 48.5 Å². The van der Waals surface area contributed by atoms with Crippen molar-refractivity contribution in [1.29, 1.82) is 0 Å². The summed E-state index contributed by atoms with van der Waals surface area (Å²) in [5, 5.41) is 10.3. The molecule has 0 saturated heterocycles. The number of nitrogens with two attached hydrogens (primary N) is 1. The van der Waals surface area contributed by atoms with Crippen LogP contribution in [0.2, 0.25) is 0 Å². The third-order valence-electron chi connectivity index (χ3n) is 3.29. The molecule has 7 N–H and O–H groups in total. The lowest BCUT2D eigenvalue weighted by molar-refractivity contribution is 0.480. The topological polar surface area (TPSA) is 239 Å². The lowest BCUT2D eigenvalue weighted by atomic mass is 10.1. The quantitative estimate of drug-likeness (QED) is 0.247. The molecule has 0 unspecified atom stereocenters. The molecule has 0 bridgehead atoms. The Labute approximate surface area is 225 Å². The Bertz CT molecular complexity index is 1400. The Hall–Kier alpha value is -2.00. The molecule has 0 heterocycles. The van der Waals surface area contributed by atoms with E-state index in [1.165, 1.54) is 18.2 Å². The summed E-state index contributed by atoms with van der Waals surface area (Å²) in [6.45, 7) is 4.99. The lowest BCUT2D eigenvalue weighted by Crippen LogP contribution is -2.40. The third-order valence-corrected chi connectivity index (χ3v) is 7.65. The minimum absolute atomic E-state index is 0.215. The van der Waals surface area contributed by atoms with Gasteiger partial charge in [-0.15, -0.1) is 0 Å². The first-order valence-electron chi connectivity index (χ1n) is 10.3. The van der Waals surface area contributed by atoms with Crippen LogP contribution < -0.4 is 20.5 Å². The summed E-state index contributed by atoms with van der Waals surface area (Å²) in [4.78, 5) is -1.55. The maximum Gasteiger partial charge on any atom is 0.294 e. The molecule has 0 spiro atoms. The number of hydrogen-bond acceptors (Lipinski definition) is 10. The van der Waals surface area contributed by atoms with Crippen LogP contribution in [0.1, 0.15) is 20.8 Å². The SMILES string of the molecule is CC(C)(C)NS(=O)(=O)c1cccc(S(=O)(=O)O)c1.CNC.CNC.NS(=O)(=O)c1cccc(S(=O)(=O)O)c1. The molecule has 2 aromatic carbocycles. The molecule has 0 amide bonds. The number of primary sulfonamides is 1. The lowest BCUT2D eigenvalue weighted by Gasteiger charge is -2.20. The van der Waals surface area contributed by atoms with Crippen molar-refractivity contribution in [2.75, 3.05) is 28.2 Å². The van der Waals surface area contributed by atoms with Gasteiger partial charge in [-0.1, -0.05) is 12.1 Å². The normalized spacial score (nSPS) is 12.1. The van der Waals surface area contributed by atoms with E-state index in [0.717, 1.165) is 30.3 Å². The van der Waals surface area contributed by atoms with E-state index in [-0.39, 0.29) is 9.79 Å². The molecule has 220 valence electrons. The number of rotatable bonds is 5. The smallest absolute Gasteiger partial charge is 0.294 e. The molecule has 18 heteroatoms. The highest BCUT2D eigenvalue weighted by Crippen LogP contribution is 2.17. The predicted octanol–water partition coefficient (Wildman–Crippen LogP) is 0.262. The number of nitrogens with one attached hydrogen (secondary N) is 3. The van der Waals surface area contributed by atoms with Crippen LogP contribution >= 0.6 is 0 Å². The maximum atomic E-state index is 11.9. The van der Waals surface area contributed by atoms with Crippen molar-refractivity contribution >= 4 is 40.3 Å². The van der Waals surface area contributed by atoms with Gasteiger partial charge in [0, 0.05) is 5.54 Å². The molecule has 0 aliphatic carbocycles. The van der Waals surface area contributed by atoms with E-state index >= 15 is 0 Å². The van der Waals surface area contributed by atoms with Crippen molar-refractivity contribution in [2.45, 2.75) is 45.9 Å². The van der Waals surface area contributed by atoms with Gasteiger partial charge in [0.1, 0.15) is 0 Å². The zero-order valence-electron chi connectivity index (χ0n) is 22.0. The van der Waals surface area contributed by atoms with Gasteiger partial charge in [-0.25, -0.2) is 26.7 Å². The fourth-order valence-electron chi connectivity index (χ4n) is 2.08. The Morgan fingerprint density at radius 1 is 0.632 bits per heavy atom. The highest BCUT2D eigenvalue weighted by atomic mass is 32.2. The molecular formula is C20H36N4O10S4. The van der Waals surface area contributed by atoms with Crippen LogP contribution in [-0.4, -0.2) is 76.5 Å². The Morgan fingerprint density at radius 2 is 0.921 bits per heavy atom. The summed E-state index contributed by atoms with van der Waals surface area (Å²) in [6.07, 6.45) is 0. The molecule has 0 aromatic heterocycles. The number of benzene rings is 2. The van der Waals surface area contributed by atoms with Crippen molar-refractivity contribution < 1.29 is 42.8 Å². The van der Waals surface area contributed by atoms with Crippen LogP contribution in [0.4, 0.5) is 0 Å². The highest BCUT2D eigenvalue weighted by Gasteiger charge is 2.23. The van der Waals surface area contributed by atoms with Gasteiger partial charge in [0.25, 0.3) is 20.2 Å². The first kappa shape index (κ1) is 38.1. The summed E-state index contributed by atoms with van der Waals surface area (Å²) >= 11 is 0. The standard InChI is InChI=1S/C10H15NO5S2.C6H7NO5S2.2C2H7N/c1-10(2,3)11-17(12,13)8-5-4-6-9(7-8)18(14,15)16;7-13(8,9)5-2-1-3-6(4-5)14(10,11)12;2*1-3-2/h4-7,11H,1-3H3,(H,14,15,16);1-4H,(H2,7,8,9)(H,10,11,12);2*3H,1-2H3. The molecular weight excluding hydrogens is 585 g/mol. The van der Waals surface area contributed by atoms with E-state index < -0.39 is 55.6 Å². The molecule has 38 heavy (non-hydrogen) atoms. The Kier molecular flexibility index (Phi) is 15.6. The molecule has 0 atom stereocenters. The van der Waals surface area contributed by atoms with Gasteiger partial charge in [-0.05, 0) is 85.4 Å². The molecule has 0 aliphatic heterocycles. The van der Waals surface area contributed by atoms with Gasteiger partial charge in [-0.3, -0.25) is 9.11 Å². The number of sulfonamides is 2. The largest absolute Gasteiger partial charge is 0.323 e. The van der Waals surface area contributed by atoms with E-state index in [9.17, 15) is 33.7 Å². The molecule has 0 fully saturated rings. The van der Waals surface area contributed by atoms with Crippen molar-refractivity contribution in [2.24, 2.45) is 5.14 Å². The van der Waals surface area contributed by atoms with Crippen LogP contribution in [0.3, 0.4) is 0 Å². The van der Waals surface area contributed by atoms with Crippen molar-refractivity contribution in [1.82, 2.24) is 15.4 Å². The molecule has 2 aromatic rings. The van der Waals surface area contributed by atoms with Gasteiger partial charge >= 0.3 is 0 Å². The van der Waals surface area contributed by atoms with E-state index in [4.69, 9.17) is 14.2 Å². The van der Waals surface area contributed by atoms with Crippen LogP contribution in [0.15, 0.2) is 68.1 Å².